The molecule has 2 unspecified atom stereocenters. The highest BCUT2D eigenvalue weighted by molar-refractivity contribution is 6.20. The molecule has 2 rings (SSSR count). The van der Waals surface area contributed by atoms with Gasteiger partial charge in [-0.25, -0.2) is 0 Å². The summed E-state index contributed by atoms with van der Waals surface area (Å²) in [5.74, 6) is 0. The molecule has 1 saturated heterocycles. The number of benzene rings is 1. The Morgan fingerprint density at radius 2 is 2.12 bits per heavy atom. The molecule has 0 aliphatic carbocycles. The zero-order valence-corrected chi connectivity index (χ0v) is 11.0. The molecule has 0 saturated carbocycles. The van der Waals surface area contributed by atoms with Gasteiger partial charge in [0.25, 0.3) is 0 Å². The van der Waals surface area contributed by atoms with Gasteiger partial charge in [-0.3, -0.25) is 0 Å². The van der Waals surface area contributed by atoms with Crippen molar-refractivity contribution in [3.05, 3.63) is 34.9 Å². The maximum Gasteiger partial charge on any atom is 0.0920 e. The lowest BCUT2D eigenvalue weighted by Gasteiger charge is -2.37. The first-order valence-electron chi connectivity index (χ1n) is 5.87. The van der Waals surface area contributed by atoms with Crippen LogP contribution in [0.3, 0.4) is 0 Å². The molecule has 2 heteroatoms. The van der Waals surface area contributed by atoms with E-state index in [1.54, 1.807) is 0 Å². The fourth-order valence-corrected chi connectivity index (χ4v) is 2.87. The van der Waals surface area contributed by atoms with E-state index in [9.17, 15) is 0 Å². The largest absolute Gasteiger partial charge is 0.370 e. The van der Waals surface area contributed by atoms with Gasteiger partial charge in [0, 0.05) is 12.0 Å². The van der Waals surface area contributed by atoms with Gasteiger partial charge in [-0.2, -0.15) is 0 Å². The molecule has 1 fully saturated rings. The Bertz CT molecular complexity index is 388. The number of aryl methyl sites for hydroxylation is 2. The summed E-state index contributed by atoms with van der Waals surface area (Å²) in [7, 11) is 0. The molecule has 88 valence electrons. The zero-order valence-electron chi connectivity index (χ0n) is 10.2. The molecule has 0 spiro atoms. The van der Waals surface area contributed by atoms with Crippen molar-refractivity contribution in [1.82, 2.24) is 0 Å². The van der Waals surface area contributed by atoms with Crippen LogP contribution in [0.15, 0.2) is 18.2 Å². The molecule has 2 atom stereocenters. The van der Waals surface area contributed by atoms with Gasteiger partial charge in [0.2, 0.25) is 0 Å². The summed E-state index contributed by atoms with van der Waals surface area (Å²) in [6.45, 7) is 7.18. The smallest absolute Gasteiger partial charge is 0.0920 e. The first kappa shape index (κ1) is 11.9. The normalized spacial score (nSPS) is 30.4. The summed E-state index contributed by atoms with van der Waals surface area (Å²) in [5, 5.41) is 0.235. The van der Waals surface area contributed by atoms with Gasteiger partial charge in [0.1, 0.15) is 0 Å². The molecule has 0 amide bonds. The summed E-state index contributed by atoms with van der Waals surface area (Å²) in [6, 6.07) is 6.53. The van der Waals surface area contributed by atoms with Gasteiger partial charge in [0.05, 0.1) is 5.60 Å². The maximum absolute atomic E-state index is 6.26. The minimum absolute atomic E-state index is 0.208. The molecule has 0 bridgehead atoms. The lowest BCUT2D eigenvalue weighted by molar-refractivity contribution is -0.0688. The fraction of sp³-hybridized carbons (Fsp3) is 0.571. The standard InChI is InChI=1S/C14H19ClO/c1-10-4-5-11(2)13(8-10)14(3)9-12(15)6-7-16-14/h4-5,8,12H,6-7,9H2,1-3H3. The quantitative estimate of drug-likeness (QED) is 0.674. The highest BCUT2D eigenvalue weighted by atomic mass is 35.5. The van der Waals surface area contributed by atoms with Crippen molar-refractivity contribution in [2.45, 2.75) is 44.6 Å². The summed E-state index contributed by atoms with van der Waals surface area (Å²) in [6.07, 6.45) is 1.86. The van der Waals surface area contributed by atoms with Crippen LogP contribution < -0.4 is 0 Å². The highest BCUT2D eigenvalue weighted by Gasteiger charge is 2.35. The highest BCUT2D eigenvalue weighted by Crippen LogP contribution is 2.38. The van der Waals surface area contributed by atoms with Crippen molar-refractivity contribution in [2.24, 2.45) is 0 Å². The molecular weight excluding hydrogens is 220 g/mol. The molecule has 1 nitrogen and oxygen atoms in total. The van der Waals surface area contributed by atoms with E-state index in [-0.39, 0.29) is 11.0 Å². The molecule has 0 N–H and O–H groups in total. The van der Waals surface area contributed by atoms with Gasteiger partial charge in [-0.15, -0.1) is 11.6 Å². The van der Waals surface area contributed by atoms with E-state index >= 15 is 0 Å². The Hall–Kier alpha value is -0.530. The van der Waals surface area contributed by atoms with Crippen LogP contribution in [0, 0.1) is 13.8 Å². The third-order valence-electron chi connectivity index (χ3n) is 3.43. The van der Waals surface area contributed by atoms with Crippen molar-refractivity contribution >= 4 is 11.6 Å². The number of hydrogen-bond donors (Lipinski definition) is 0. The Balaban J connectivity index is 2.37. The summed E-state index contributed by atoms with van der Waals surface area (Å²) in [5.41, 5.74) is 3.65. The average Bonchev–Trinajstić information content (AvgIpc) is 2.21. The van der Waals surface area contributed by atoms with Crippen LogP contribution in [-0.2, 0) is 10.3 Å². The van der Waals surface area contributed by atoms with Crippen LogP contribution in [0.5, 0.6) is 0 Å². The summed E-state index contributed by atoms with van der Waals surface area (Å²) >= 11 is 6.26. The third-order valence-corrected chi connectivity index (χ3v) is 3.80. The molecule has 1 aliphatic rings. The fourth-order valence-electron chi connectivity index (χ4n) is 2.49. The number of rotatable bonds is 1. The van der Waals surface area contributed by atoms with Crippen LogP contribution in [0.1, 0.15) is 36.5 Å². The van der Waals surface area contributed by atoms with Crippen LogP contribution >= 0.6 is 11.6 Å². The van der Waals surface area contributed by atoms with E-state index in [1.165, 1.54) is 16.7 Å². The Labute approximate surface area is 103 Å². The third kappa shape index (κ3) is 2.26. The first-order chi connectivity index (χ1) is 7.51. The van der Waals surface area contributed by atoms with Gasteiger partial charge < -0.3 is 4.74 Å². The van der Waals surface area contributed by atoms with E-state index in [4.69, 9.17) is 16.3 Å². The Kier molecular flexibility index (Phi) is 3.27. The molecule has 1 heterocycles. The van der Waals surface area contributed by atoms with Crippen molar-refractivity contribution in [3.63, 3.8) is 0 Å². The molecule has 1 aromatic rings. The van der Waals surface area contributed by atoms with Crippen LogP contribution in [-0.4, -0.2) is 12.0 Å². The summed E-state index contributed by atoms with van der Waals surface area (Å²) < 4.78 is 5.97. The van der Waals surface area contributed by atoms with E-state index < -0.39 is 0 Å². The van der Waals surface area contributed by atoms with E-state index in [2.05, 4.69) is 39.0 Å². The topological polar surface area (TPSA) is 9.23 Å². The van der Waals surface area contributed by atoms with Crippen molar-refractivity contribution in [2.75, 3.05) is 6.61 Å². The lowest BCUT2D eigenvalue weighted by Crippen LogP contribution is -2.35. The molecule has 1 aromatic carbocycles. The van der Waals surface area contributed by atoms with E-state index in [1.807, 2.05) is 0 Å². The lowest BCUT2D eigenvalue weighted by atomic mass is 9.84. The van der Waals surface area contributed by atoms with Gasteiger partial charge in [-0.05, 0) is 44.7 Å². The average molecular weight is 239 g/mol. The van der Waals surface area contributed by atoms with Crippen LogP contribution in [0.4, 0.5) is 0 Å². The predicted molar refractivity (Wildman–Crippen MR) is 68.1 cm³/mol. The predicted octanol–water partition coefficient (Wildman–Crippen LogP) is 3.94. The Morgan fingerprint density at radius 1 is 1.38 bits per heavy atom. The second-order valence-corrected chi connectivity index (χ2v) is 5.60. The molecule has 1 aliphatic heterocycles. The van der Waals surface area contributed by atoms with Crippen LogP contribution in [0.2, 0.25) is 0 Å². The van der Waals surface area contributed by atoms with Gasteiger partial charge in [-0.1, -0.05) is 23.8 Å². The van der Waals surface area contributed by atoms with Gasteiger partial charge >= 0.3 is 0 Å². The number of ether oxygens (including phenoxy) is 1. The van der Waals surface area contributed by atoms with Crippen LogP contribution in [0.25, 0.3) is 0 Å². The molecule has 0 aromatic heterocycles. The first-order valence-corrected chi connectivity index (χ1v) is 6.31. The second kappa shape index (κ2) is 4.38. The minimum atomic E-state index is -0.208. The minimum Gasteiger partial charge on any atom is -0.370 e. The number of halogens is 1. The SMILES string of the molecule is Cc1ccc(C)c(C2(C)CC(Cl)CCO2)c1. The Morgan fingerprint density at radius 3 is 2.81 bits per heavy atom. The van der Waals surface area contributed by atoms with E-state index in [0.717, 1.165) is 19.4 Å². The molecule has 0 radical (unpaired) electrons. The number of alkyl halides is 1. The summed E-state index contributed by atoms with van der Waals surface area (Å²) in [4.78, 5) is 0. The maximum atomic E-state index is 6.26. The van der Waals surface area contributed by atoms with Crippen molar-refractivity contribution in [1.29, 1.82) is 0 Å². The van der Waals surface area contributed by atoms with E-state index in [0.29, 0.717) is 0 Å². The zero-order chi connectivity index (χ0) is 11.8. The van der Waals surface area contributed by atoms with Crippen molar-refractivity contribution in [3.8, 4) is 0 Å². The van der Waals surface area contributed by atoms with Gasteiger partial charge in [0.15, 0.2) is 0 Å². The molecular formula is C14H19ClO. The number of hydrogen-bond acceptors (Lipinski definition) is 1. The second-order valence-electron chi connectivity index (χ2n) is 4.99. The monoisotopic (exact) mass is 238 g/mol. The molecule has 16 heavy (non-hydrogen) atoms. The van der Waals surface area contributed by atoms with Crippen molar-refractivity contribution < 1.29 is 4.74 Å².